The van der Waals surface area contributed by atoms with Crippen molar-refractivity contribution < 1.29 is 4.52 Å². The van der Waals surface area contributed by atoms with Gasteiger partial charge >= 0.3 is 0 Å². The number of hydrogen-bond donors (Lipinski definition) is 1. The number of hydrogen-bond acceptors (Lipinski definition) is 5. The van der Waals surface area contributed by atoms with Crippen LogP contribution in [0.4, 0.5) is 5.82 Å². The molecule has 2 rings (SSSR count). The largest absolute Gasteiger partial charge is 0.361 e. The Labute approximate surface area is 91.5 Å². The Hall–Kier alpha value is -1.62. The van der Waals surface area contributed by atoms with Gasteiger partial charge in [0.25, 0.3) is 0 Å². The van der Waals surface area contributed by atoms with Gasteiger partial charge in [-0.1, -0.05) is 16.8 Å². The molecule has 0 saturated heterocycles. The van der Waals surface area contributed by atoms with Crippen LogP contribution >= 0.6 is 11.6 Å². The molecule has 0 aliphatic rings. The van der Waals surface area contributed by atoms with Gasteiger partial charge in [-0.3, -0.25) is 4.98 Å². The Morgan fingerprint density at radius 3 is 3.00 bits per heavy atom. The second-order valence-electron chi connectivity index (χ2n) is 3.02. The Morgan fingerprint density at radius 2 is 2.33 bits per heavy atom. The minimum atomic E-state index is 0.355. The van der Waals surface area contributed by atoms with Crippen LogP contribution in [0.5, 0.6) is 0 Å². The first-order valence-electron chi connectivity index (χ1n) is 4.37. The quantitative estimate of drug-likeness (QED) is 0.864. The molecule has 0 bridgehead atoms. The van der Waals surface area contributed by atoms with Crippen LogP contribution in [0.15, 0.2) is 23.0 Å². The van der Waals surface area contributed by atoms with E-state index < -0.39 is 0 Å². The fraction of sp³-hybridized carbons (Fsp3) is 0.222. The molecule has 1 N–H and O–H groups in total. The van der Waals surface area contributed by atoms with Gasteiger partial charge in [-0.05, 0) is 6.92 Å². The lowest BCUT2D eigenvalue weighted by Gasteiger charge is -2.01. The highest BCUT2D eigenvalue weighted by Gasteiger charge is 2.01. The molecule has 15 heavy (non-hydrogen) atoms. The standard InChI is InChI=1S/C9H9ClN4O/c1-6-2-7(15-14-6)3-12-9-5-11-4-8(10)13-9/h2,4-5H,3H2,1H3,(H,12,13). The van der Waals surface area contributed by atoms with E-state index in [1.54, 1.807) is 6.20 Å². The Kier molecular flexibility index (Phi) is 2.82. The number of aryl methyl sites for hydroxylation is 1. The van der Waals surface area contributed by atoms with Crippen LogP contribution in [-0.4, -0.2) is 15.1 Å². The Bertz CT molecular complexity index is 457. The minimum Gasteiger partial charge on any atom is -0.361 e. The molecule has 6 heteroatoms. The molecule has 0 aliphatic heterocycles. The topological polar surface area (TPSA) is 63.8 Å². The van der Waals surface area contributed by atoms with Gasteiger partial charge in [0, 0.05) is 6.07 Å². The van der Waals surface area contributed by atoms with Crippen molar-refractivity contribution in [2.24, 2.45) is 0 Å². The second kappa shape index (κ2) is 4.27. The van der Waals surface area contributed by atoms with Crippen molar-refractivity contribution in [3.8, 4) is 0 Å². The summed E-state index contributed by atoms with van der Waals surface area (Å²) < 4.78 is 5.02. The summed E-state index contributed by atoms with van der Waals surface area (Å²) in [7, 11) is 0. The van der Waals surface area contributed by atoms with Crippen molar-refractivity contribution in [1.29, 1.82) is 0 Å². The van der Waals surface area contributed by atoms with Gasteiger partial charge in [-0.2, -0.15) is 0 Å². The second-order valence-corrected chi connectivity index (χ2v) is 3.40. The number of rotatable bonds is 3. The molecule has 0 amide bonds. The fourth-order valence-electron chi connectivity index (χ4n) is 1.10. The van der Waals surface area contributed by atoms with E-state index in [0.717, 1.165) is 11.5 Å². The molecule has 0 saturated carbocycles. The summed E-state index contributed by atoms with van der Waals surface area (Å²) in [4.78, 5) is 7.92. The Morgan fingerprint density at radius 1 is 1.47 bits per heavy atom. The van der Waals surface area contributed by atoms with Gasteiger partial charge in [0.1, 0.15) is 11.0 Å². The summed E-state index contributed by atoms with van der Waals surface area (Å²) >= 11 is 5.68. The first-order valence-corrected chi connectivity index (χ1v) is 4.75. The van der Waals surface area contributed by atoms with Crippen LogP contribution in [-0.2, 0) is 6.54 Å². The highest BCUT2D eigenvalue weighted by molar-refractivity contribution is 6.29. The molecule has 0 unspecified atom stereocenters. The van der Waals surface area contributed by atoms with Crippen molar-refractivity contribution >= 4 is 17.4 Å². The lowest BCUT2D eigenvalue weighted by molar-refractivity contribution is 0.384. The molecule has 0 atom stereocenters. The molecule has 78 valence electrons. The summed E-state index contributed by atoms with van der Waals surface area (Å²) in [6.45, 7) is 2.38. The van der Waals surface area contributed by atoms with E-state index in [-0.39, 0.29) is 0 Å². The molecule has 5 nitrogen and oxygen atoms in total. The first kappa shape index (κ1) is 9.92. The van der Waals surface area contributed by atoms with Crippen LogP contribution < -0.4 is 5.32 Å². The predicted octanol–water partition coefficient (Wildman–Crippen LogP) is 2.04. The van der Waals surface area contributed by atoms with Gasteiger partial charge in [0.2, 0.25) is 0 Å². The molecular weight excluding hydrogens is 216 g/mol. The van der Waals surface area contributed by atoms with Gasteiger partial charge in [-0.25, -0.2) is 4.98 Å². The van der Waals surface area contributed by atoms with Gasteiger partial charge in [-0.15, -0.1) is 0 Å². The zero-order chi connectivity index (χ0) is 10.7. The molecule has 0 aromatic carbocycles. The SMILES string of the molecule is Cc1cc(CNc2cncc(Cl)n2)on1. The van der Waals surface area contributed by atoms with Crippen LogP contribution in [0.2, 0.25) is 5.15 Å². The molecule has 0 aliphatic carbocycles. The van der Waals surface area contributed by atoms with Crippen molar-refractivity contribution in [1.82, 2.24) is 15.1 Å². The van der Waals surface area contributed by atoms with Gasteiger partial charge in [0.05, 0.1) is 24.6 Å². The maximum atomic E-state index is 5.68. The van der Waals surface area contributed by atoms with Crippen LogP contribution in [0, 0.1) is 6.92 Å². The number of nitrogens with zero attached hydrogens (tertiary/aromatic N) is 3. The summed E-state index contributed by atoms with van der Waals surface area (Å²) in [5, 5.41) is 7.15. The molecule has 2 aromatic heterocycles. The number of aromatic nitrogens is 3. The molecule has 2 heterocycles. The summed E-state index contributed by atoms with van der Waals surface area (Å²) in [5.74, 6) is 1.35. The lowest BCUT2D eigenvalue weighted by atomic mass is 10.4. The molecule has 0 spiro atoms. The normalized spacial score (nSPS) is 10.3. The van der Waals surface area contributed by atoms with E-state index in [0.29, 0.717) is 17.5 Å². The van der Waals surface area contributed by atoms with Crippen molar-refractivity contribution in [3.63, 3.8) is 0 Å². The molecule has 0 radical (unpaired) electrons. The summed E-state index contributed by atoms with van der Waals surface area (Å²) in [6, 6.07) is 1.85. The lowest BCUT2D eigenvalue weighted by Crippen LogP contribution is -2.00. The average Bonchev–Trinajstić information content (AvgIpc) is 2.62. The van der Waals surface area contributed by atoms with Crippen molar-refractivity contribution in [3.05, 3.63) is 35.1 Å². The van der Waals surface area contributed by atoms with E-state index in [9.17, 15) is 0 Å². The van der Waals surface area contributed by atoms with E-state index in [1.807, 2.05) is 13.0 Å². The number of anilines is 1. The van der Waals surface area contributed by atoms with Crippen molar-refractivity contribution in [2.75, 3.05) is 5.32 Å². The van der Waals surface area contributed by atoms with Crippen LogP contribution in [0.25, 0.3) is 0 Å². The van der Waals surface area contributed by atoms with Crippen molar-refractivity contribution in [2.45, 2.75) is 13.5 Å². The zero-order valence-electron chi connectivity index (χ0n) is 8.07. The summed E-state index contributed by atoms with van der Waals surface area (Å²) in [6.07, 6.45) is 3.07. The Balaban J connectivity index is 1.99. The van der Waals surface area contributed by atoms with E-state index >= 15 is 0 Å². The number of nitrogens with one attached hydrogen (secondary N) is 1. The first-order chi connectivity index (χ1) is 7.24. The third-order valence-electron chi connectivity index (χ3n) is 1.73. The van der Waals surface area contributed by atoms with Gasteiger partial charge < -0.3 is 9.84 Å². The van der Waals surface area contributed by atoms with Crippen LogP contribution in [0.1, 0.15) is 11.5 Å². The fourth-order valence-corrected chi connectivity index (χ4v) is 1.25. The third kappa shape index (κ3) is 2.66. The van der Waals surface area contributed by atoms with E-state index in [2.05, 4.69) is 20.4 Å². The van der Waals surface area contributed by atoms with Gasteiger partial charge in [0.15, 0.2) is 5.76 Å². The molecule has 0 fully saturated rings. The third-order valence-corrected chi connectivity index (χ3v) is 1.91. The van der Waals surface area contributed by atoms with E-state index in [1.165, 1.54) is 6.20 Å². The predicted molar refractivity (Wildman–Crippen MR) is 55.6 cm³/mol. The maximum absolute atomic E-state index is 5.68. The smallest absolute Gasteiger partial charge is 0.156 e. The monoisotopic (exact) mass is 224 g/mol. The van der Waals surface area contributed by atoms with E-state index in [4.69, 9.17) is 16.1 Å². The maximum Gasteiger partial charge on any atom is 0.156 e. The zero-order valence-corrected chi connectivity index (χ0v) is 8.82. The molecular formula is C9H9ClN4O. The summed E-state index contributed by atoms with van der Waals surface area (Å²) in [5.41, 5.74) is 0.851. The molecule has 2 aromatic rings. The van der Waals surface area contributed by atoms with Crippen LogP contribution in [0.3, 0.4) is 0 Å². The highest BCUT2D eigenvalue weighted by Crippen LogP contribution is 2.09. The minimum absolute atomic E-state index is 0.355. The number of halogens is 1. The highest BCUT2D eigenvalue weighted by atomic mass is 35.5. The average molecular weight is 225 g/mol.